The molecule has 3 N–H and O–H groups in total. The van der Waals surface area contributed by atoms with Gasteiger partial charge in [0.05, 0.1) is 25.4 Å². The summed E-state index contributed by atoms with van der Waals surface area (Å²) in [6.45, 7) is 5.99. The third-order valence-corrected chi connectivity index (χ3v) is 4.01. The molecule has 2 atom stereocenters. The standard InChI is InChI=1S/C21H30N4O2.HI/c1-3-22-21(24-14-12-19-11-7-8-13-23-19)25-15-20(26)16-27-17(2)18-9-5-4-6-10-18;/h4-11,13,17,20,26H,3,12,14-16H2,1-2H3,(H2,22,24,25);1H. The maximum Gasteiger partial charge on any atom is 0.191 e. The molecule has 1 aromatic carbocycles. The lowest BCUT2D eigenvalue weighted by Crippen LogP contribution is -2.39. The van der Waals surface area contributed by atoms with Crippen LogP contribution in [-0.2, 0) is 11.2 Å². The number of aliphatic imine (C=N–C) groups is 1. The van der Waals surface area contributed by atoms with E-state index in [1.54, 1.807) is 6.20 Å². The minimum Gasteiger partial charge on any atom is -0.389 e. The number of guanidine groups is 1. The van der Waals surface area contributed by atoms with Gasteiger partial charge in [0.25, 0.3) is 0 Å². The molecular formula is C21H31IN4O2. The Kier molecular flexibility index (Phi) is 12.4. The lowest BCUT2D eigenvalue weighted by atomic mass is 10.1. The van der Waals surface area contributed by atoms with Gasteiger partial charge in [-0.25, -0.2) is 0 Å². The first-order valence-electron chi connectivity index (χ1n) is 9.45. The minimum absolute atomic E-state index is 0. The second kappa shape index (κ2) is 14.3. The fraction of sp³-hybridized carbons (Fsp3) is 0.429. The highest BCUT2D eigenvalue weighted by Gasteiger charge is 2.10. The average molecular weight is 498 g/mol. The topological polar surface area (TPSA) is 78.8 Å². The van der Waals surface area contributed by atoms with Crippen molar-refractivity contribution in [1.29, 1.82) is 0 Å². The third-order valence-electron chi connectivity index (χ3n) is 4.01. The zero-order valence-corrected chi connectivity index (χ0v) is 18.9. The van der Waals surface area contributed by atoms with Crippen LogP contribution in [0.5, 0.6) is 0 Å². The molecule has 6 nitrogen and oxygen atoms in total. The van der Waals surface area contributed by atoms with E-state index < -0.39 is 6.10 Å². The normalized spacial score (nSPS) is 13.3. The van der Waals surface area contributed by atoms with E-state index >= 15 is 0 Å². The molecular weight excluding hydrogens is 467 g/mol. The van der Waals surface area contributed by atoms with Crippen LogP contribution in [0.1, 0.15) is 31.2 Å². The van der Waals surface area contributed by atoms with E-state index in [0.717, 1.165) is 30.8 Å². The molecule has 1 heterocycles. The van der Waals surface area contributed by atoms with Gasteiger partial charge in [0, 0.05) is 31.4 Å². The van der Waals surface area contributed by atoms with Gasteiger partial charge in [-0.2, -0.15) is 0 Å². The number of rotatable bonds is 10. The lowest BCUT2D eigenvalue weighted by Gasteiger charge is -2.16. The van der Waals surface area contributed by atoms with Crippen molar-refractivity contribution in [1.82, 2.24) is 15.6 Å². The molecule has 0 radical (unpaired) electrons. The number of aromatic nitrogens is 1. The average Bonchev–Trinajstić information content (AvgIpc) is 2.71. The fourth-order valence-electron chi connectivity index (χ4n) is 2.52. The van der Waals surface area contributed by atoms with Gasteiger partial charge in [0.15, 0.2) is 5.96 Å². The molecule has 0 bridgehead atoms. The predicted molar refractivity (Wildman–Crippen MR) is 124 cm³/mol. The van der Waals surface area contributed by atoms with Crippen molar-refractivity contribution >= 4 is 29.9 Å². The molecule has 0 amide bonds. The Bertz CT molecular complexity index is 671. The first-order valence-corrected chi connectivity index (χ1v) is 9.45. The van der Waals surface area contributed by atoms with Crippen LogP contribution in [0.25, 0.3) is 0 Å². The quantitative estimate of drug-likeness (QED) is 0.267. The van der Waals surface area contributed by atoms with Crippen LogP contribution in [0.3, 0.4) is 0 Å². The molecule has 7 heteroatoms. The van der Waals surface area contributed by atoms with Crippen molar-refractivity contribution < 1.29 is 9.84 Å². The molecule has 0 spiro atoms. The highest BCUT2D eigenvalue weighted by atomic mass is 127. The number of pyridine rings is 1. The predicted octanol–water partition coefficient (Wildman–Crippen LogP) is 2.94. The maximum atomic E-state index is 10.2. The summed E-state index contributed by atoms with van der Waals surface area (Å²) in [5, 5.41) is 16.6. The molecule has 0 saturated heterocycles. The number of aliphatic hydroxyl groups is 1. The number of nitrogens with zero attached hydrogens (tertiary/aromatic N) is 2. The summed E-state index contributed by atoms with van der Waals surface area (Å²) in [4.78, 5) is 8.74. The summed E-state index contributed by atoms with van der Waals surface area (Å²) in [6.07, 6.45) is 1.89. The van der Waals surface area contributed by atoms with Gasteiger partial charge in [0.2, 0.25) is 0 Å². The number of benzene rings is 1. The molecule has 2 aromatic rings. The first kappa shape index (κ1) is 24.3. The van der Waals surface area contributed by atoms with Gasteiger partial charge < -0.3 is 20.5 Å². The highest BCUT2D eigenvalue weighted by Crippen LogP contribution is 2.15. The summed E-state index contributed by atoms with van der Waals surface area (Å²) in [5.74, 6) is 0.684. The first-order chi connectivity index (χ1) is 13.2. The van der Waals surface area contributed by atoms with Crippen LogP contribution >= 0.6 is 24.0 Å². The summed E-state index contributed by atoms with van der Waals surface area (Å²) in [7, 11) is 0. The monoisotopic (exact) mass is 498 g/mol. The van der Waals surface area contributed by atoms with E-state index in [2.05, 4.69) is 20.6 Å². The second-order valence-corrected chi connectivity index (χ2v) is 6.26. The maximum absolute atomic E-state index is 10.2. The number of halogens is 1. The molecule has 28 heavy (non-hydrogen) atoms. The number of hydrogen-bond acceptors (Lipinski definition) is 4. The summed E-state index contributed by atoms with van der Waals surface area (Å²) < 4.78 is 5.75. The van der Waals surface area contributed by atoms with Crippen LogP contribution in [-0.4, -0.2) is 48.4 Å². The van der Waals surface area contributed by atoms with Crippen molar-refractivity contribution in [3.05, 3.63) is 66.0 Å². The van der Waals surface area contributed by atoms with E-state index in [9.17, 15) is 5.11 Å². The van der Waals surface area contributed by atoms with Crippen LogP contribution < -0.4 is 10.6 Å². The third kappa shape index (κ3) is 9.48. The number of aliphatic hydroxyl groups excluding tert-OH is 1. The molecule has 0 saturated carbocycles. The highest BCUT2D eigenvalue weighted by molar-refractivity contribution is 14.0. The Balaban J connectivity index is 0.00000392. The molecule has 154 valence electrons. The largest absolute Gasteiger partial charge is 0.389 e. The van der Waals surface area contributed by atoms with E-state index in [0.29, 0.717) is 5.96 Å². The Morgan fingerprint density at radius 2 is 1.89 bits per heavy atom. The Morgan fingerprint density at radius 3 is 2.57 bits per heavy atom. The molecule has 0 aliphatic carbocycles. The van der Waals surface area contributed by atoms with E-state index in [1.807, 2.05) is 62.4 Å². The van der Waals surface area contributed by atoms with Gasteiger partial charge in [-0.05, 0) is 31.5 Å². The number of hydrogen-bond donors (Lipinski definition) is 3. The Morgan fingerprint density at radius 1 is 1.14 bits per heavy atom. The van der Waals surface area contributed by atoms with Crippen molar-refractivity contribution in [2.45, 2.75) is 32.5 Å². The van der Waals surface area contributed by atoms with Gasteiger partial charge >= 0.3 is 0 Å². The van der Waals surface area contributed by atoms with Crippen LogP contribution in [0, 0.1) is 0 Å². The zero-order valence-electron chi connectivity index (χ0n) is 16.5. The smallest absolute Gasteiger partial charge is 0.191 e. The molecule has 2 rings (SSSR count). The van der Waals surface area contributed by atoms with Crippen LogP contribution in [0.15, 0.2) is 59.7 Å². The molecule has 0 aliphatic heterocycles. The van der Waals surface area contributed by atoms with Crippen molar-refractivity contribution in [2.75, 3.05) is 26.2 Å². The van der Waals surface area contributed by atoms with Crippen molar-refractivity contribution in [2.24, 2.45) is 4.99 Å². The van der Waals surface area contributed by atoms with Crippen molar-refractivity contribution in [3.63, 3.8) is 0 Å². The fourth-order valence-corrected chi connectivity index (χ4v) is 2.52. The number of nitrogens with one attached hydrogen (secondary N) is 2. The molecule has 0 aliphatic rings. The molecule has 2 unspecified atom stereocenters. The van der Waals surface area contributed by atoms with E-state index in [1.165, 1.54) is 0 Å². The molecule has 0 fully saturated rings. The lowest BCUT2D eigenvalue weighted by molar-refractivity contribution is 0.00111. The molecule has 1 aromatic heterocycles. The Labute approximate surface area is 184 Å². The Hall–Kier alpha value is -1.71. The van der Waals surface area contributed by atoms with Crippen molar-refractivity contribution in [3.8, 4) is 0 Å². The van der Waals surface area contributed by atoms with Crippen LogP contribution in [0.2, 0.25) is 0 Å². The van der Waals surface area contributed by atoms with Gasteiger partial charge in [-0.3, -0.25) is 9.98 Å². The SMILES string of the molecule is CCNC(=NCC(O)COC(C)c1ccccc1)NCCc1ccccn1.I. The summed E-state index contributed by atoms with van der Waals surface area (Å²) in [6, 6.07) is 15.9. The van der Waals surface area contributed by atoms with Gasteiger partial charge in [-0.15, -0.1) is 24.0 Å². The second-order valence-electron chi connectivity index (χ2n) is 6.26. The zero-order chi connectivity index (χ0) is 19.3. The van der Waals surface area contributed by atoms with Crippen LogP contribution in [0.4, 0.5) is 0 Å². The summed E-state index contributed by atoms with van der Waals surface area (Å²) >= 11 is 0. The van der Waals surface area contributed by atoms with E-state index in [-0.39, 0.29) is 43.2 Å². The minimum atomic E-state index is -0.651. The summed E-state index contributed by atoms with van der Waals surface area (Å²) in [5.41, 5.74) is 2.13. The van der Waals surface area contributed by atoms with Gasteiger partial charge in [0.1, 0.15) is 0 Å². The number of ether oxygens (including phenoxy) is 1. The van der Waals surface area contributed by atoms with E-state index in [4.69, 9.17) is 4.74 Å². The van der Waals surface area contributed by atoms with Gasteiger partial charge in [-0.1, -0.05) is 36.4 Å².